The van der Waals surface area contributed by atoms with Crippen molar-refractivity contribution in [2.75, 3.05) is 23.7 Å². The average molecular weight is 344 g/mol. The van der Waals surface area contributed by atoms with E-state index in [1.165, 1.54) is 11.2 Å². The number of benzene rings is 1. The number of hydrogen-bond donors (Lipinski definition) is 2. The van der Waals surface area contributed by atoms with Crippen LogP contribution in [0.2, 0.25) is 0 Å². The van der Waals surface area contributed by atoms with Gasteiger partial charge in [-0.25, -0.2) is 4.79 Å². The molecule has 0 atom stereocenters. The molecule has 0 fully saturated rings. The van der Waals surface area contributed by atoms with Crippen LogP contribution in [0.25, 0.3) is 0 Å². The monoisotopic (exact) mass is 344 g/mol. The molecule has 0 aliphatic heterocycles. The lowest BCUT2D eigenvalue weighted by Crippen LogP contribution is -2.41. The standard InChI is InChI=1S/C18H24N4O3/c1-3-4-7-11-22(13-17(23)20-16-10-12-25-21-16)18(24)19-15-9-6-5-8-14(15)2/h5-6,8-10,12H,3-4,7,11,13H2,1-2H3,(H,19,24)(H,20,21,23). The third-order valence-corrected chi connectivity index (χ3v) is 3.75. The summed E-state index contributed by atoms with van der Waals surface area (Å²) >= 11 is 0. The van der Waals surface area contributed by atoms with Crippen LogP contribution in [0.5, 0.6) is 0 Å². The van der Waals surface area contributed by atoms with Gasteiger partial charge in [0.15, 0.2) is 5.82 Å². The lowest BCUT2D eigenvalue weighted by molar-refractivity contribution is -0.116. The molecule has 0 saturated carbocycles. The summed E-state index contributed by atoms with van der Waals surface area (Å²) in [6.45, 7) is 4.48. The van der Waals surface area contributed by atoms with Gasteiger partial charge in [0.2, 0.25) is 5.91 Å². The molecule has 0 unspecified atom stereocenters. The van der Waals surface area contributed by atoms with E-state index in [2.05, 4.69) is 27.2 Å². The Morgan fingerprint density at radius 3 is 2.64 bits per heavy atom. The normalized spacial score (nSPS) is 10.3. The summed E-state index contributed by atoms with van der Waals surface area (Å²) in [4.78, 5) is 26.3. The van der Waals surface area contributed by atoms with Gasteiger partial charge in [-0.15, -0.1) is 0 Å². The predicted molar refractivity (Wildman–Crippen MR) is 96.4 cm³/mol. The maximum Gasteiger partial charge on any atom is 0.322 e. The largest absolute Gasteiger partial charge is 0.363 e. The fourth-order valence-electron chi connectivity index (χ4n) is 2.35. The number of carbonyl (C=O) groups excluding carboxylic acids is 2. The molecule has 2 aromatic rings. The van der Waals surface area contributed by atoms with Crippen LogP contribution in [0.3, 0.4) is 0 Å². The second-order valence-electron chi connectivity index (χ2n) is 5.81. The Bertz CT molecular complexity index is 685. The highest BCUT2D eigenvalue weighted by atomic mass is 16.5. The Labute approximate surface area is 147 Å². The number of nitrogens with one attached hydrogen (secondary N) is 2. The number of amides is 3. The molecule has 2 N–H and O–H groups in total. The highest BCUT2D eigenvalue weighted by Crippen LogP contribution is 2.14. The van der Waals surface area contributed by atoms with Crippen molar-refractivity contribution in [3.8, 4) is 0 Å². The maximum atomic E-state index is 12.6. The van der Waals surface area contributed by atoms with Crippen LogP contribution in [0, 0.1) is 6.92 Å². The van der Waals surface area contributed by atoms with Gasteiger partial charge >= 0.3 is 6.03 Å². The minimum Gasteiger partial charge on any atom is -0.363 e. The number of carbonyl (C=O) groups is 2. The van der Waals surface area contributed by atoms with Crippen LogP contribution in [0.15, 0.2) is 41.1 Å². The van der Waals surface area contributed by atoms with Crippen molar-refractivity contribution >= 4 is 23.4 Å². The van der Waals surface area contributed by atoms with E-state index in [4.69, 9.17) is 0 Å². The lowest BCUT2D eigenvalue weighted by atomic mass is 10.2. The van der Waals surface area contributed by atoms with Crippen molar-refractivity contribution in [3.63, 3.8) is 0 Å². The lowest BCUT2D eigenvalue weighted by Gasteiger charge is -2.23. The number of aryl methyl sites for hydroxylation is 1. The Balaban J connectivity index is 1.99. The van der Waals surface area contributed by atoms with Gasteiger partial charge < -0.3 is 20.1 Å². The van der Waals surface area contributed by atoms with Crippen molar-refractivity contribution in [2.24, 2.45) is 0 Å². The van der Waals surface area contributed by atoms with Gasteiger partial charge in [-0.3, -0.25) is 4.79 Å². The van der Waals surface area contributed by atoms with E-state index in [9.17, 15) is 9.59 Å². The number of nitrogens with zero attached hydrogens (tertiary/aromatic N) is 2. The maximum absolute atomic E-state index is 12.6. The predicted octanol–water partition coefficient (Wildman–Crippen LogP) is 3.65. The molecule has 0 bridgehead atoms. The molecule has 2 rings (SSSR count). The van der Waals surface area contributed by atoms with Crippen molar-refractivity contribution in [3.05, 3.63) is 42.2 Å². The van der Waals surface area contributed by atoms with Crippen molar-refractivity contribution in [1.29, 1.82) is 0 Å². The van der Waals surface area contributed by atoms with Gasteiger partial charge in [-0.2, -0.15) is 0 Å². The Hall–Kier alpha value is -2.83. The smallest absolute Gasteiger partial charge is 0.322 e. The quantitative estimate of drug-likeness (QED) is 0.716. The Morgan fingerprint density at radius 2 is 1.96 bits per heavy atom. The molecule has 7 heteroatoms. The first kappa shape index (κ1) is 18.5. The fourth-order valence-corrected chi connectivity index (χ4v) is 2.35. The van der Waals surface area contributed by atoms with E-state index in [1.54, 1.807) is 6.07 Å². The molecule has 1 heterocycles. The Kier molecular flexibility index (Phi) is 7.00. The molecule has 134 valence electrons. The first-order valence-corrected chi connectivity index (χ1v) is 8.42. The zero-order chi connectivity index (χ0) is 18.1. The summed E-state index contributed by atoms with van der Waals surface area (Å²) in [5.41, 5.74) is 1.71. The van der Waals surface area contributed by atoms with E-state index in [0.717, 1.165) is 30.5 Å². The summed E-state index contributed by atoms with van der Waals surface area (Å²) in [6.07, 6.45) is 4.26. The molecule has 25 heavy (non-hydrogen) atoms. The number of hydrogen-bond acceptors (Lipinski definition) is 4. The second kappa shape index (κ2) is 9.46. The minimum atomic E-state index is -0.315. The van der Waals surface area contributed by atoms with Gasteiger partial charge in [0.05, 0.1) is 0 Å². The number of rotatable bonds is 8. The zero-order valence-corrected chi connectivity index (χ0v) is 14.6. The van der Waals surface area contributed by atoms with Crippen LogP contribution >= 0.6 is 0 Å². The van der Waals surface area contributed by atoms with Gasteiger partial charge in [0, 0.05) is 18.3 Å². The van der Waals surface area contributed by atoms with E-state index >= 15 is 0 Å². The molecule has 1 aromatic carbocycles. The molecular formula is C18H24N4O3. The van der Waals surface area contributed by atoms with Crippen LogP contribution in [0.1, 0.15) is 31.7 Å². The van der Waals surface area contributed by atoms with Gasteiger partial charge in [-0.05, 0) is 25.0 Å². The summed E-state index contributed by atoms with van der Waals surface area (Å²) in [6, 6.07) is 8.80. The number of aromatic nitrogens is 1. The number of para-hydroxylation sites is 1. The van der Waals surface area contributed by atoms with Crippen LogP contribution in [-0.4, -0.2) is 35.1 Å². The number of urea groups is 1. The summed E-state index contributed by atoms with van der Waals surface area (Å²) in [5.74, 6) is 0.0168. The molecule has 1 aromatic heterocycles. The number of unbranched alkanes of at least 4 members (excludes halogenated alkanes) is 2. The molecule has 7 nitrogen and oxygen atoms in total. The highest BCUT2D eigenvalue weighted by molar-refractivity contribution is 5.96. The van der Waals surface area contributed by atoms with E-state index in [-0.39, 0.29) is 18.5 Å². The van der Waals surface area contributed by atoms with E-state index in [1.807, 2.05) is 31.2 Å². The molecule has 0 spiro atoms. The Morgan fingerprint density at radius 1 is 1.16 bits per heavy atom. The van der Waals surface area contributed by atoms with Crippen LogP contribution in [-0.2, 0) is 4.79 Å². The number of anilines is 2. The van der Waals surface area contributed by atoms with Crippen LogP contribution < -0.4 is 10.6 Å². The summed E-state index contributed by atoms with van der Waals surface area (Å²) < 4.78 is 4.68. The summed E-state index contributed by atoms with van der Waals surface area (Å²) in [5, 5.41) is 9.12. The molecular weight excluding hydrogens is 320 g/mol. The molecule has 0 saturated heterocycles. The third-order valence-electron chi connectivity index (χ3n) is 3.75. The summed E-state index contributed by atoms with van der Waals surface area (Å²) in [7, 11) is 0. The first-order chi connectivity index (χ1) is 12.1. The van der Waals surface area contributed by atoms with Crippen molar-refractivity contribution in [1.82, 2.24) is 10.1 Å². The topological polar surface area (TPSA) is 87.5 Å². The molecule has 3 amide bonds. The third kappa shape index (κ3) is 5.95. The average Bonchev–Trinajstić information content (AvgIpc) is 3.09. The first-order valence-electron chi connectivity index (χ1n) is 8.42. The highest BCUT2D eigenvalue weighted by Gasteiger charge is 2.18. The molecule has 0 radical (unpaired) electrons. The second-order valence-corrected chi connectivity index (χ2v) is 5.81. The van der Waals surface area contributed by atoms with Gasteiger partial charge in [0.1, 0.15) is 12.8 Å². The fraction of sp³-hybridized carbons (Fsp3) is 0.389. The van der Waals surface area contributed by atoms with E-state index in [0.29, 0.717) is 12.4 Å². The van der Waals surface area contributed by atoms with E-state index < -0.39 is 0 Å². The molecule has 0 aliphatic carbocycles. The van der Waals surface area contributed by atoms with Gasteiger partial charge in [-0.1, -0.05) is 43.1 Å². The van der Waals surface area contributed by atoms with Crippen molar-refractivity contribution < 1.29 is 14.1 Å². The van der Waals surface area contributed by atoms with Crippen LogP contribution in [0.4, 0.5) is 16.3 Å². The SMILES string of the molecule is CCCCCN(CC(=O)Nc1ccon1)C(=O)Nc1ccccc1C. The minimum absolute atomic E-state index is 0.0473. The van der Waals surface area contributed by atoms with Gasteiger partial charge in [0.25, 0.3) is 0 Å². The van der Waals surface area contributed by atoms with Crippen molar-refractivity contribution in [2.45, 2.75) is 33.1 Å². The molecule has 0 aliphatic rings. The zero-order valence-electron chi connectivity index (χ0n) is 14.6.